The molecule has 4 aromatic rings. The molecule has 0 saturated carbocycles. The van der Waals surface area contributed by atoms with E-state index >= 15 is 0 Å². The maximum atomic E-state index is 4.80. The van der Waals surface area contributed by atoms with Gasteiger partial charge in [0.1, 0.15) is 21.4 Å². The Morgan fingerprint density at radius 1 is 0.583 bits per heavy atom. The van der Waals surface area contributed by atoms with Crippen molar-refractivity contribution < 1.29 is 0 Å². The molecule has 0 radical (unpaired) electrons. The van der Waals surface area contributed by atoms with E-state index in [0.717, 1.165) is 40.1 Å². The molecule has 0 unspecified atom stereocenters. The molecule has 0 fully saturated rings. The molecule has 0 saturated heterocycles. The number of hydrogen-bond donors (Lipinski definition) is 0. The monoisotopic (exact) mass is 476 g/mol. The SMILES string of the molecule is Brc1sc(-c2ccccc2)nc1-c1nc(-c2ccccc2)sc1Br. The predicted octanol–water partition coefficient (Wildman–Crippen LogP) is 7.13. The van der Waals surface area contributed by atoms with Crippen LogP contribution in [0.15, 0.2) is 68.2 Å². The van der Waals surface area contributed by atoms with Crippen molar-refractivity contribution in [3.05, 3.63) is 68.2 Å². The van der Waals surface area contributed by atoms with Crippen LogP contribution in [0.1, 0.15) is 0 Å². The fraction of sp³-hybridized carbons (Fsp3) is 0. The van der Waals surface area contributed by atoms with Crippen LogP contribution in [0.4, 0.5) is 0 Å². The molecule has 2 heterocycles. The van der Waals surface area contributed by atoms with E-state index in [9.17, 15) is 0 Å². The van der Waals surface area contributed by atoms with Crippen LogP contribution in [0.2, 0.25) is 0 Å². The molecule has 24 heavy (non-hydrogen) atoms. The first-order valence-electron chi connectivity index (χ1n) is 7.16. The molecule has 0 atom stereocenters. The number of aromatic nitrogens is 2. The summed E-state index contributed by atoms with van der Waals surface area (Å²) in [6.07, 6.45) is 0. The number of hydrogen-bond acceptors (Lipinski definition) is 4. The Labute approximate surface area is 164 Å². The molecule has 6 heteroatoms. The van der Waals surface area contributed by atoms with E-state index in [1.807, 2.05) is 36.4 Å². The lowest BCUT2D eigenvalue weighted by atomic mass is 10.2. The van der Waals surface area contributed by atoms with Crippen molar-refractivity contribution in [1.82, 2.24) is 9.97 Å². The second-order valence-corrected chi connectivity index (χ2v) is 9.65. The number of thiazole rings is 2. The Morgan fingerprint density at radius 3 is 1.33 bits per heavy atom. The maximum absolute atomic E-state index is 4.80. The molecule has 0 spiro atoms. The van der Waals surface area contributed by atoms with Gasteiger partial charge in [-0.05, 0) is 31.9 Å². The van der Waals surface area contributed by atoms with Gasteiger partial charge < -0.3 is 0 Å². The average molecular weight is 478 g/mol. The number of benzene rings is 2. The Morgan fingerprint density at radius 2 is 0.958 bits per heavy atom. The first-order chi connectivity index (χ1) is 11.7. The van der Waals surface area contributed by atoms with Gasteiger partial charge in [-0.3, -0.25) is 0 Å². The number of nitrogens with zero attached hydrogens (tertiary/aromatic N) is 2. The number of halogens is 2. The van der Waals surface area contributed by atoms with E-state index < -0.39 is 0 Å². The lowest BCUT2D eigenvalue weighted by Gasteiger charge is -1.95. The van der Waals surface area contributed by atoms with E-state index in [0.29, 0.717) is 0 Å². The van der Waals surface area contributed by atoms with Crippen molar-refractivity contribution in [2.24, 2.45) is 0 Å². The topological polar surface area (TPSA) is 25.8 Å². The largest absolute Gasteiger partial charge is 0.233 e. The first-order valence-corrected chi connectivity index (χ1v) is 10.4. The van der Waals surface area contributed by atoms with E-state index in [1.54, 1.807) is 22.7 Å². The van der Waals surface area contributed by atoms with Gasteiger partial charge in [-0.2, -0.15) is 0 Å². The Bertz CT molecular complexity index is 897. The summed E-state index contributed by atoms with van der Waals surface area (Å²) in [6, 6.07) is 20.4. The zero-order valence-corrected chi connectivity index (χ0v) is 17.0. The summed E-state index contributed by atoms with van der Waals surface area (Å²) in [5, 5.41) is 1.97. The van der Waals surface area contributed by atoms with Crippen LogP contribution in [0.5, 0.6) is 0 Å². The Balaban J connectivity index is 1.78. The van der Waals surface area contributed by atoms with Crippen LogP contribution in [-0.4, -0.2) is 9.97 Å². The third kappa shape index (κ3) is 3.11. The molecule has 2 aromatic heterocycles. The van der Waals surface area contributed by atoms with E-state index in [4.69, 9.17) is 9.97 Å². The highest BCUT2D eigenvalue weighted by Gasteiger charge is 2.19. The molecule has 4 rings (SSSR count). The molecule has 0 N–H and O–H groups in total. The van der Waals surface area contributed by atoms with Crippen molar-refractivity contribution >= 4 is 54.5 Å². The molecule has 0 aliphatic carbocycles. The van der Waals surface area contributed by atoms with Gasteiger partial charge >= 0.3 is 0 Å². The fourth-order valence-electron chi connectivity index (χ4n) is 2.30. The lowest BCUT2D eigenvalue weighted by molar-refractivity contribution is 1.32. The van der Waals surface area contributed by atoms with Crippen LogP contribution in [0.25, 0.3) is 32.5 Å². The van der Waals surface area contributed by atoms with Crippen LogP contribution in [0, 0.1) is 0 Å². The van der Waals surface area contributed by atoms with E-state index in [2.05, 4.69) is 56.1 Å². The zero-order chi connectivity index (χ0) is 16.5. The van der Waals surface area contributed by atoms with Crippen LogP contribution in [-0.2, 0) is 0 Å². The molecule has 2 aromatic carbocycles. The van der Waals surface area contributed by atoms with Gasteiger partial charge in [0.2, 0.25) is 0 Å². The minimum atomic E-state index is 0.879. The third-order valence-corrected chi connectivity index (χ3v) is 6.95. The van der Waals surface area contributed by atoms with Gasteiger partial charge in [0.25, 0.3) is 0 Å². The Hall–Kier alpha value is -1.34. The van der Waals surface area contributed by atoms with Gasteiger partial charge in [0.15, 0.2) is 0 Å². The minimum absolute atomic E-state index is 0.879. The first kappa shape index (κ1) is 16.1. The number of rotatable bonds is 3. The molecule has 0 aliphatic heterocycles. The van der Waals surface area contributed by atoms with Crippen LogP contribution < -0.4 is 0 Å². The maximum Gasteiger partial charge on any atom is 0.125 e. The zero-order valence-electron chi connectivity index (χ0n) is 12.2. The molecule has 0 amide bonds. The minimum Gasteiger partial charge on any atom is -0.233 e. The summed E-state index contributed by atoms with van der Waals surface area (Å²) in [7, 11) is 0. The molecule has 2 nitrogen and oxygen atoms in total. The van der Waals surface area contributed by atoms with Crippen molar-refractivity contribution in [2.45, 2.75) is 0 Å². The molecular formula is C18H10Br2N2S2. The molecule has 118 valence electrons. The van der Waals surface area contributed by atoms with Gasteiger partial charge in [0.05, 0.1) is 7.57 Å². The van der Waals surface area contributed by atoms with Crippen molar-refractivity contribution in [2.75, 3.05) is 0 Å². The normalized spacial score (nSPS) is 10.9. The summed E-state index contributed by atoms with van der Waals surface area (Å²) in [5.41, 5.74) is 3.99. The highest BCUT2D eigenvalue weighted by atomic mass is 79.9. The summed E-state index contributed by atoms with van der Waals surface area (Å²) < 4.78 is 1.99. The van der Waals surface area contributed by atoms with Gasteiger partial charge in [0, 0.05) is 11.1 Å². The highest BCUT2D eigenvalue weighted by molar-refractivity contribution is 9.11. The summed E-state index contributed by atoms with van der Waals surface area (Å²) in [4.78, 5) is 9.61. The van der Waals surface area contributed by atoms with Crippen LogP contribution in [0.3, 0.4) is 0 Å². The summed E-state index contributed by atoms with van der Waals surface area (Å²) in [5.74, 6) is 0. The standard InChI is InChI=1S/C18H10Br2N2S2/c19-15-13(21-17(23-15)11-7-3-1-4-8-11)14-16(20)24-18(22-14)12-9-5-2-6-10-12/h1-10H. The van der Waals surface area contributed by atoms with Crippen molar-refractivity contribution in [3.8, 4) is 32.5 Å². The summed E-state index contributed by atoms with van der Waals surface area (Å²) >= 11 is 10.6. The average Bonchev–Trinajstić information content (AvgIpc) is 3.19. The Kier molecular flexibility index (Phi) is 4.63. The summed E-state index contributed by atoms with van der Waals surface area (Å²) in [6.45, 7) is 0. The predicted molar refractivity (Wildman–Crippen MR) is 109 cm³/mol. The van der Waals surface area contributed by atoms with Crippen molar-refractivity contribution in [1.29, 1.82) is 0 Å². The van der Waals surface area contributed by atoms with Gasteiger partial charge in [-0.25, -0.2) is 9.97 Å². The van der Waals surface area contributed by atoms with E-state index in [-0.39, 0.29) is 0 Å². The van der Waals surface area contributed by atoms with Crippen molar-refractivity contribution in [3.63, 3.8) is 0 Å². The van der Waals surface area contributed by atoms with Gasteiger partial charge in [-0.1, -0.05) is 60.7 Å². The molecule has 0 aliphatic rings. The highest BCUT2D eigenvalue weighted by Crippen LogP contribution is 2.43. The van der Waals surface area contributed by atoms with E-state index in [1.165, 1.54) is 0 Å². The van der Waals surface area contributed by atoms with Gasteiger partial charge in [-0.15, -0.1) is 22.7 Å². The molecular weight excluding hydrogens is 468 g/mol. The lowest BCUT2D eigenvalue weighted by Crippen LogP contribution is -1.82. The quantitative estimate of drug-likeness (QED) is 0.313. The smallest absolute Gasteiger partial charge is 0.125 e. The van der Waals surface area contributed by atoms with Crippen LogP contribution >= 0.6 is 54.5 Å². The third-order valence-electron chi connectivity index (χ3n) is 3.44. The second-order valence-electron chi connectivity index (χ2n) is 5.01. The fourth-order valence-corrected chi connectivity index (χ4v) is 5.38. The molecule has 0 bridgehead atoms. The second kappa shape index (κ2) is 6.88.